The van der Waals surface area contributed by atoms with Crippen LogP contribution in [-0.4, -0.2) is 36.7 Å². The molecule has 0 aromatic heterocycles. The molecule has 1 fully saturated rings. The first-order valence-corrected chi connectivity index (χ1v) is 8.83. The number of rotatable bonds is 7. The van der Waals surface area contributed by atoms with E-state index < -0.39 is 6.09 Å². The zero-order valence-corrected chi connectivity index (χ0v) is 14.9. The number of hydrogen-bond acceptors (Lipinski definition) is 4. The summed E-state index contributed by atoms with van der Waals surface area (Å²) in [6, 6.07) is 17.4. The summed E-state index contributed by atoms with van der Waals surface area (Å²) >= 11 is 0. The summed E-state index contributed by atoms with van der Waals surface area (Å²) in [4.78, 5) is 25.8. The number of ether oxygens (including phenoxy) is 2. The van der Waals surface area contributed by atoms with E-state index in [4.69, 9.17) is 9.47 Å². The molecule has 5 nitrogen and oxygen atoms in total. The monoisotopic (exact) mass is 353 g/mol. The molecule has 1 aliphatic heterocycles. The molecule has 0 spiro atoms. The minimum absolute atomic E-state index is 0.165. The molecule has 2 amide bonds. The van der Waals surface area contributed by atoms with Gasteiger partial charge in [-0.1, -0.05) is 42.5 Å². The summed E-state index contributed by atoms with van der Waals surface area (Å²) in [6.45, 7) is 0.262. The van der Waals surface area contributed by atoms with Gasteiger partial charge in [0.2, 0.25) is 5.91 Å². The molecule has 1 atom stereocenters. The molecule has 26 heavy (non-hydrogen) atoms. The van der Waals surface area contributed by atoms with Gasteiger partial charge in [-0.25, -0.2) is 9.69 Å². The Kier molecular flexibility index (Phi) is 5.89. The Morgan fingerprint density at radius 1 is 1.12 bits per heavy atom. The summed E-state index contributed by atoms with van der Waals surface area (Å²) < 4.78 is 10.3. The third-order valence-corrected chi connectivity index (χ3v) is 4.56. The van der Waals surface area contributed by atoms with Crippen molar-refractivity contribution in [2.24, 2.45) is 0 Å². The maximum absolute atomic E-state index is 12.6. The minimum atomic E-state index is -0.527. The van der Waals surface area contributed by atoms with Crippen molar-refractivity contribution in [2.75, 3.05) is 13.7 Å². The van der Waals surface area contributed by atoms with Gasteiger partial charge in [-0.05, 0) is 42.5 Å². The number of carbonyl (C=O) groups is 2. The molecule has 1 heterocycles. The van der Waals surface area contributed by atoms with Gasteiger partial charge in [-0.15, -0.1) is 0 Å². The number of methoxy groups -OCH3 is 1. The Morgan fingerprint density at radius 2 is 1.85 bits per heavy atom. The van der Waals surface area contributed by atoms with Crippen LogP contribution in [0.3, 0.4) is 0 Å². The van der Waals surface area contributed by atoms with Crippen LogP contribution in [0.25, 0.3) is 0 Å². The smallest absolute Gasteiger partial charge is 0.416 e. The van der Waals surface area contributed by atoms with E-state index in [1.807, 2.05) is 54.6 Å². The van der Waals surface area contributed by atoms with Crippen molar-refractivity contribution in [3.63, 3.8) is 0 Å². The van der Waals surface area contributed by atoms with Gasteiger partial charge < -0.3 is 9.47 Å². The molecule has 2 aromatic rings. The Hall–Kier alpha value is -2.82. The van der Waals surface area contributed by atoms with Crippen LogP contribution < -0.4 is 4.74 Å². The molecule has 0 aliphatic carbocycles. The lowest BCUT2D eigenvalue weighted by molar-refractivity contribution is -0.129. The van der Waals surface area contributed by atoms with E-state index >= 15 is 0 Å². The molecule has 1 saturated heterocycles. The number of carbonyl (C=O) groups excluding carboxylic acids is 2. The maximum Gasteiger partial charge on any atom is 0.416 e. The zero-order chi connectivity index (χ0) is 18.4. The Morgan fingerprint density at radius 3 is 2.54 bits per heavy atom. The van der Waals surface area contributed by atoms with Crippen molar-refractivity contribution in [3.8, 4) is 5.75 Å². The zero-order valence-electron chi connectivity index (χ0n) is 14.9. The van der Waals surface area contributed by atoms with Gasteiger partial charge in [-0.2, -0.15) is 0 Å². The molecule has 136 valence electrons. The first-order valence-electron chi connectivity index (χ1n) is 8.83. The summed E-state index contributed by atoms with van der Waals surface area (Å²) in [5.74, 6) is 0.648. The third-order valence-electron chi connectivity index (χ3n) is 4.56. The van der Waals surface area contributed by atoms with E-state index in [0.717, 1.165) is 23.3 Å². The standard InChI is InChI=1S/C21H23NO4/c1-25-19-12-10-16(11-13-19)8-5-9-20(23)22-18(15-26-21(22)24)14-17-6-3-2-4-7-17/h2-4,6-7,10-13,18H,5,8-9,14-15H2,1H3/t18-/m0/s1. The molecule has 1 aliphatic rings. The first kappa shape index (κ1) is 18.0. The lowest BCUT2D eigenvalue weighted by Gasteiger charge is -2.19. The van der Waals surface area contributed by atoms with Crippen LogP contribution in [0.15, 0.2) is 54.6 Å². The van der Waals surface area contributed by atoms with Crippen LogP contribution in [0.4, 0.5) is 4.79 Å². The number of cyclic esters (lactones) is 1. The molecule has 0 bridgehead atoms. The molecule has 0 N–H and O–H groups in total. The number of benzene rings is 2. The fourth-order valence-corrected chi connectivity index (χ4v) is 3.16. The van der Waals surface area contributed by atoms with Gasteiger partial charge in [0.25, 0.3) is 0 Å². The second-order valence-corrected chi connectivity index (χ2v) is 6.39. The van der Waals surface area contributed by atoms with Crippen molar-refractivity contribution >= 4 is 12.0 Å². The van der Waals surface area contributed by atoms with E-state index in [0.29, 0.717) is 19.3 Å². The van der Waals surface area contributed by atoms with Gasteiger partial charge >= 0.3 is 6.09 Å². The Labute approximate surface area is 153 Å². The van der Waals surface area contributed by atoms with Crippen LogP contribution in [0, 0.1) is 0 Å². The molecule has 0 saturated carbocycles. The number of hydrogen-bond donors (Lipinski definition) is 0. The number of aryl methyl sites for hydroxylation is 1. The highest BCUT2D eigenvalue weighted by Crippen LogP contribution is 2.20. The summed E-state index contributed by atoms with van der Waals surface area (Å²) in [5, 5.41) is 0. The molecule has 3 rings (SSSR count). The van der Waals surface area contributed by atoms with E-state index in [1.165, 1.54) is 4.90 Å². The quantitative estimate of drug-likeness (QED) is 0.763. The number of imide groups is 1. The number of amides is 2. The first-order chi connectivity index (χ1) is 12.7. The van der Waals surface area contributed by atoms with Gasteiger partial charge in [0.1, 0.15) is 12.4 Å². The lowest BCUT2D eigenvalue weighted by atomic mass is 10.0. The molecule has 5 heteroatoms. The van der Waals surface area contributed by atoms with E-state index in [2.05, 4.69) is 0 Å². The highest BCUT2D eigenvalue weighted by atomic mass is 16.6. The normalized spacial score (nSPS) is 16.4. The predicted octanol–water partition coefficient (Wildman–Crippen LogP) is 3.61. The van der Waals surface area contributed by atoms with Gasteiger partial charge in [0, 0.05) is 6.42 Å². The van der Waals surface area contributed by atoms with E-state index in [1.54, 1.807) is 7.11 Å². The van der Waals surface area contributed by atoms with Crippen LogP contribution in [-0.2, 0) is 22.4 Å². The van der Waals surface area contributed by atoms with Crippen molar-refractivity contribution in [1.82, 2.24) is 4.90 Å². The lowest BCUT2D eigenvalue weighted by Crippen LogP contribution is -2.40. The van der Waals surface area contributed by atoms with Crippen LogP contribution in [0.5, 0.6) is 5.75 Å². The van der Waals surface area contributed by atoms with Gasteiger partial charge in [0.15, 0.2) is 0 Å². The largest absolute Gasteiger partial charge is 0.497 e. The van der Waals surface area contributed by atoms with Crippen molar-refractivity contribution in [3.05, 3.63) is 65.7 Å². The molecule has 0 unspecified atom stereocenters. The minimum Gasteiger partial charge on any atom is -0.497 e. The second kappa shape index (κ2) is 8.52. The predicted molar refractivity (Wildman–Crippen MR) is 98.1 cm³/mol. The van der Waals surface area contributed by atoms with Crippen molar-refractivity contribution in [1.29, 1.82) is 0 Å². The number of nitrogens with zero attached hydrogens (tertiary/aromatic N) is 1. The molecular formula is C21H23NO4. The Bertz CT molecular complexity index is 742. The average Bonchev–Trinajstić information content (AvgIpc) is 3.03. The maximum atomic E-state index is 12.6. The summed E-state index contributed by atoms with van der Waals surface area (Å²) in [7, 11) is 1.63. The average molecular weight is 353 g/mol. The van der Waals surface area contributed by atoms with Crippen molar-refractivity contribution in [2.45, 2.75) is 31.7 Å². The molecular weight excluding hydrogens is 330 g/mol. The third kappa shape index (κ3) is 4.42. The summed E-state index contributed by atoms with van der Waals surface area (Å²) in [5.41, 5.74) is 2.23. The SMILES string of the molecule is COc1ccc(CCCC(=O)N2C(=O)OC[C@@H]2Cc2ccccc2)cc1. The molecule has 0 radical (unpaired) electrons. The summed E-state index contributed by atoms with van der Waals surface area (Å²) in [6.07, 6.45) is 1.89. The van der Waals surface area contributed by atoms with E-state index in [9.17, 15) is 9.59 Å². The fraction of sp³-hybridized carbons (Fsp3) is 0.333. The highest BCUT2D eigenvalue weighted by molar-refractivity contribution is 5.93. The second-order valence-electron chi connectivity index (χ2n) is 6.39. The van der Waals surface area contributed by atoms with Gasteiger partial charge in [-0.3, -0.25) is 4.79 Å². The highest BCUT2D eigenvalue weighted by Gasteiger charge is 2.37. The fourth-order valence-electron chi connectivity index (χ4n) is 3.16. The van der Waals surface area contributed by atoms with Crippen molar-refractivity contribution < 1.29 is 19.1 Å². The van der Waals surface area contributed by atoms with Crippen LogP contribution >= 0.6 is 0 Å². The topological polar surface area (TPSA) is 55.8 Å². The Balaban J connectivity index is 1.53. The molecule has 2 aromatic carbocycles. The van der Waals surface area contributed by atoms with E-state index in [-0.39, 0.29) is 18.6 Å². The van der Waals surface area contributed by atoms with Crippen LogP contribution in [0.2, 0.25) is 0 Å². The van der Waals surface area contributed by atoms with Crippen LogP contribution in [0.1, 0.15) is 24.0 Å². The van der Waals surface area contributed by atoms with Gasteiger partial charge in [0.05, 0.1) is 13.2 Å².